The van der Waals surface area contributed by atoms with Gasteiger partial charge in [-0.3, -0.25) is 0 Å². The molecule has 0 aliphatic rings. The lowest BCUT2D eigenvalue weighted by Crippen LogP contribution is -1.89. The van der Waals surface area contributed by atoms with Crippen molar-refractivity contribution in [1.29, 1.82) is 0 Å². The summed E-state index contributed by atoms with van der Waals surface area (Å²) in [5.41, 5.74) is 2.55. The summed E-state index contributed by atoms with van der Waals surface area (Å²) in [6.07, 6.45) is 0.919. The van der Waals surface area contributed by atoms with E-state index in [1.807, 2.05) is 18.2 Å². The second-order valence-corrected chi connectivity index (χ2v) is 5.63. The standard InChI is InChI=1S/C14H12Br2O/c1-17-14-4-2-10(3-5-14)6-11-7-12(15)9-13(16)8-11/h2-5,7-9H,6H2,1H3. The molecule has 17 heavy (non-hydrogen) atoms. The van der Waals surface area contributed by atoms with Gasteiger partial charge in [-0.2, -0.15) is 0 Å². The average Bonchev–Trinajstić information content (AvgIpc) is 2.28. The smallest absolute Gasteiger partial charge is 0.118 e. The van der Waals surface area contributed by atoms with Crippen molar-refractivity contribution in [3.63, 3.8) is 0 Å². The third kappa shape index (κ3) is 3.58. The molecule has 0 saturated carbocycles. The van der Waals surface area contributed by atoms with E-state index in [9.17, 15) is 0 Å². The van der Waals surface area contributed by atoms with Crippen LogP contribution in [0.1, 0.15) is 11.1 Å². The van der Waals surface area contributed by atoms with Crippen LogP contribution in [0.2, 0.25) is 0 Å². The number of halogens is 2. The zero-order valence-corrected chi connectivity index (χ0v) is 12.6. The molecule has 0 saturated heterocycles. The van der Waals surface area contributed by atoms with Crippen LogP contribution in [0, 0.1) is 0 Å². The molecule has 0 N–H and O–H groups in total. The lowest BCUT2D eigenvalue weighted by atomic mass is 10.1. The van der Waals surface area contributed by atoms with Gasteiger partial charge in [0, 0.05) is 8.95 Å². The van der Waals surface area contributed by atoms with Gasteiger partial charge in [-0.25, -0.2) is 0 Å². The minimum atomic E-state index is 0.893. The van der Waals surface area contributed by atoms with Crippen LogP contribution in [0.25, 0.3) is 0 Å². The molecule has 0 aromatic heterocycles. The molecule has 0 amide bonds. The first kappa shape index (κ1) is 12.7. The molecule has 0 bridgehead atoms. The largest absolute Gasteiger partial charge is 0.497 e. The summed E-state index contributed by atoms with van der Waals surface area (Å²) in [7, 11) is 1.68. The maximum atomic E-state index is 5.14. The van der Waals surface area contributed by atoms with Crippen LogP contribution in [0.15, 0.2) is 51.4 Å². The molecule has 0 spiro atoms. The Balaban J connectivity index is 2.19. The zero-order chi connectivity index (χ0) is 12.3. The van der Waals surface area contributed by atoms with Gasteiger partial charge in [0.2, 0.25) is 0 Å². The second kappa shape index (κ2) is 5.69. The van der Waals surface area contributed by atoms with Gasteiger partial charge >= 0.3 is 0 Å². The molecule has 0 unspecified atom stereocenters. The minimum absolute atomic E-state index is 0.893. The van der Waals surface area contributed by atoms with Crippen molar-refractivity contribution in [2.45, 2.75) is 6.42 Å². The van der Waals surface area contributed by atoms with Crippen molar-refractivity contribution < 1.29 is 4.74 Å². The molecule has 1 nitrogen and oxygen atoms in total. The molecule has 0 fully saturated rings. The Labute approximate surface area is 118 Å². The predicted molar refractivity (Wildman–Crippen MR) is 77.6 cm³/mol. The number of hydrogen-bond donors (Lipinski definition) is 0. The van der Waals surface area contributed by atoms with Crippen LogP contribution >= 0.6 is 31.9 Å². The SMILES string of the molecule is COc1ccc(Cc2cc(Br)cc(Br)c2)cc1. The van der Waals surface area contributed by atoms with Crippen molar-refractivity contribution in [2.24, 2.45) is 0 Å². The summed E-state index contributed by atoms with van der Waals surface area (Å²) in [4.78, 5) is 0. The third-order valence-corrected chi connectivity index (χ3v) is 3.41. The van der Waals surface area contributed by atoms with Crippen molar-refractivity contribution in [2.75, 3.05) is 7.11 Å². The summed E-state index contributed by atoms with van der Waals surface area (Å²) in [5.74, 6) is 0.893. The van der Waals surface area contributed by atoms with Crippen molar-refractivity contribution in [3.8, 4) is 5.75 Å². The predicted octanol–water partition coefficient (Wildman–Crippen LogP) is 4.81. The Morgan fingerprint density at radius 1 is 0.882 bits per heavy atom. The Hall–Kier alpha value is -0.800. The monoisotopic (exact) mass is 354 g/mol. The van der Waals surface area contributed by atoms with E-state index in [0.717, 1.165) is 21.1 Å². The molecule has 0 atom stereocenters. The highest BCUT2D eigenvalue weighted by atomic mass is 79.9. The summed E-state index contributed by atoms with van der Waals surface area (Å²) in [6.45, 7) is 0. The topological polar surface area (TPSA) is 9.23 Å². The van der Waals surface area contributed by atoms with E-state index < -0.39 is 0 Å². The highest BCUT2D eigenvalue weighted by Gasteiger charge is 2.00. The van der Waals surface area contributed by atoms with Gasteiger partial charge in [0.15, 0.2) is 0 Å². The van der Waals surface area contributed by atoms with Crippen LogP contribution < -0.4 is 4.74 Å². The van der Waals surface area contributed by atoms with E-state index in [2.05, 4.69) is 56.1 Å². The van der Waals surface area contributed by atoms with E-state index in [-0.39, 0.29) is 0 Å². The number of hydrogen-bond acceptors (Lipinski definition) is 1. The Morgan fingerprint density at radius 3 is 2.00 bits per heavy atom. The lowest BCUT2D eigenvalue weighted by Gasteiger charge is -2.05. The van der Waals surface area contributed by atoms with Crippen molar-refractivity contribution >= 4 is 31.9 Å². The summed E-state index contributed by atoms with van der Waals surface area (Å²) in [6, 6.07) is 14.5. The molecule has 3 heteroatoms. The molecule has 2 aromatic carbocycles. The van der Waals surface area contributed by atoms with Gasteiger partial charge in [0.25, 0.3) is 0 Å². The van der Waals surface area contributed by atoms with Gasteiger partial charge in [-0.1, -0.05) is 44.0 Å². The molecule has 0 aliphatic carbocycles. The Bertz CT molecular complexity index is 486. The lowest BCUT2D eigenvalue weighted by molar-refractivity contribution is 0.414. The van der Waals surface area contributed by atoms with Crippen molar-refractivity contribution in [3.05, 3.63) is 62.5 Å². The third-order valence-electron chi connectivity index (χ3n) is 2.49. The average molecular weight is 356 g/mol. The van der Waals surface area contributed by atoms with E-state index in [1.54, 1.807) is 7.11 Å². The van der Waals surface area contributed by atoms with Crippen LogP contribution in [0.4, 0.5) is 0 Å². The van der Waals surface area contributed by atoms with Crippen LogP contribution in [0.3, 0.4) is 0 Å². The fourth-order valence-corrected chi connectivity index (χ4v) is 3.08. The molecule has 2 rings (SSSR count). The van der Waals surface area contributed by atoms with E-state index in [0.29, 0.717) is 0 Å². The first-order valence-electron chi connectivity index (χ1n) is 5.25. The van der Waals surface area contributed by atoms with Gasteiger partial charge in [-0.15, -0.1) is 0 Å². The summed E-state index contributed by atoms with van der Waals surface area (Å²) >= 11 is 7.00. The number of rotatable bonds is 3. The van der Waals surface area contributed by atoms with Crippen LogP contribution in [0.5, 0.6) is 5.75 Å². The van der Waals surface area contributed by atoms with Crippen LogP contribution in [-0.2, 0) is 6.42 Å². The fraction of sp³-hybridized carbons (Fsp3) is 0.143. The van der Waals surface area contributed by atoms with E-state index in [1.165, 1.54) is 11.1 Å². The molecule has 0 heterocycles. The maximum Gasteiger partial charge on any atom is 0.118 e. The van der Waals surface area contributed by atoms with E-state index >= 15 is 0 Å². The normalized spacial score (nSPS) is 10.3. The molecular formula is C14H12Br2O. The quantitative estimate of drug-likeness (QED) is 0.767. The first-order valence-corrected chi connectivity index (χ1v) is 6.84. The Kier molecular flexibility index (Phi) is 4.24. The molecule has 88 valence electrons. The number of ether oxygens (including phenoxy) is 1. The summed E-state index contributed by atoms with van der Waals surface area (Å²) < 4.78 is 7.33. The van der Waals surface area contributed by atoms with Gasteiger partial charge in [0.05, 0.1) is 7.11 Å². The molecular weight excluding hydrogens is 344 g/mol. The second-order valence-electron chi connectivity index (χ2n) is 3.80. The van der Waals surface area contributed by atoms with Gasteiger partial charge < -0.3 is 4.74 Å². The number of methoxy groups -OCH3 is 1. The zero-order valence-electron chi connectivity index (χ0n) is 9.41. The molecule has 0 aliphatic heterocycles. The summed E-state index contributed by atoms with van der Waals surface area (Å²) in [5, 5.41) is 0. The maximum absolute atomic E-state index is 5.14. The van der Waals surface area contributed by atoms with Gasteiger partial charge in [-0.05, 0) is 47.9 Å². The highest BCUT2D eigenvalue weighted by Crippen LogP contribution is 2.22. The highest BCUT2D eigenvalue weighted by molar-refractivity contribution is 9.11. The molecule has 2 aromatic rings. The van der Waals surface area contributed by atoms with Crippen molar-refractivity contribution in [1.82, 2.24) is 0 Å². The Morgan fingerprint density at radius 2 is 1.47 bits per heavy atom. The fourth-order valence-electron chi connectivity index (χ4n) is 1.69. The first-order chi connectivity index (χ1) is 8.17. The van der Waals surface area contributed by atoms with Gasteiger partial charge in [0.1, 0.15) is 5.75 Å². The minimum Gasteiger partial charge on any atom is -0.497 e. The number of benzene rings is 2. The molecule has 0 radical (unpaired) electrons. The van der Waals surface area contributed by atoms with Crippen LogP contribution in [-0.4, -0.2) is 7.11 Å². The van der Waals surface area contributed by atoms with E-state index in [4.69, 9.17) is 4.74 Å².